The van der Waals surface area contributed by atoms with Crippen LogP contribution in [0, 0.1) is 18.7 Å². The lowest BCUT2D eigenvalue weighted by molar-refractivity contribution is 0.0626. The van der Waals surface area contributed by atoms with Crippen molar-refractivity contribution in [3.05, 3.63) is 53.6 Å². The predicted octanol–water partition coefficient (Wildman–Crippen LogP) is 3.39. The number of benzene rings is 1. The van der Waals surface area contributed by atoms with Crippen molar-refractivity contribution in [2.24, 2.45) is 5.92 Å². The molecule has 0 saturated carbocycles. The fourth-order valence-corrected chi connectivity index (χ4v) is 2.95. The summed E-state index contributed by atoms with van der Waals surface area (Å²) < 4.78 is 19.2. The molecule has 1 aliphatic rings. The zero-order valence-corrected chi connectivity index (χ0v) is 13.2. The maximum Gasteiger partial charge on any atom is 0.270 e. The average Bonchev–Trinajstić information content (AvgIpc) is 3.00. The molecule has 2 aromatic rings. The number of H-pyrrole nitrogens is 1. The van der Waals surface area contributed by atoms with Gasteiger partial charge in [0.25, 0.3) is 5.91 Å². The second kappa shape index (κ2) is 6.86. The van der Waals surface area contributed by atoms with E-state index in [2.05, 4.69) is 4.98 Å². The number of likely N-dealkylation sites (tertiary alicyclic amines) is 1. The van der Waals surface area contributed by atoms with Crippen molar-refractivity contribution in [1.82, 2.24) is 9.88 Å². The number of carbonyl (C=O) groups excluding carboxylic acids is 1. The minimum Gasteiger partial charge on any atom is -0.490 e. The quantitative estimate of drug-likeness (QED) is 0.939. The van der Waals surface area contributed by atoms with Gasteiger partial charge >= 0.3 is 0 Å². The van der Waals surface area contributed by atoms with Crippen molar-refractivity contribution < 1.29 is 13.9 Å². The topological polar surface area (TPSA) is 45.3 Å². The van der Waals surface area contributed by atoms with Gasteiger partial charge in [0.1, 0.15) is 5.69 Å². The number of halogens is 1. The summed E-state index contributed by atoms with van der Waals surface area (Å²) in [6.45, 7) is 3.78. The van der Waals surface area contributed by atoms with Gasteiger partial charge in [-0.05, 0) is 43.5 Å². The number of para-hydroxylation sites is 1. The van der Waals surface area contributed by atoms with Crippen molar-refractivity contribution in [3.63, 3.8) is 0 Å². The second-order valence-electron chi connectivity index (χ2n) is 6.09. The van der Waals surface area contributed by atoms with Crippen LogP contribution in [-0.2, 0) is 0 Å². The van der Waals surface area contributed by atoms with Crippen LogP contribution in [-0.4, -0.2) is 35.5 Å². The first kappa shape index (κ1) is 15.6. The lowest BCUT2D eigenvalue weighted by Gasteiger charge is -2.32. The van der Waals surface area contributed by atoms with E-state index in [0.717, 1.165) is 24.9 Å². The Bertz CT molecular complexity index is 683. The number of aromatic nitrogens is 1. The van der Waals surface area contributed by atoms with Gasteiger partial charge in [-0.3, -0.25) is 4.79 Å². The second-order valence-corrected chi connectivity index (χ2v) is 6.09. The SMILES string of the molecule is Cc1c[nH]c(C(=O)N2CCC[C@@H](COc3ccccc3F)C2)c1. The van der Waals surface area contributed by atoms with E-state index in [9.17, 15) is 9.18 Å². The maximum atomic E-state index is 13.6. The van der Waals surface area contributed by atoms with Gasteiger partial charge in [0.05, 0.1) is 6.61 Å². The van der Waals surface area contributed by atoms with Crippen LogP contribution in [0.25, 0.3) is 0 Å². The van der Waals surface area contributed by atoms with E-state index in [1.165, 1.54) is 6.07 Å². The summed E-state index contributed by atoms with van der Waals surface area (Å²) in [4.78, 5) is 17.3. The van der Waals surface area contributed by atoms with Gasteiger partial charge < -0.3 is 14.6 Å². The number of rotatable bonds is 4. The highest BCUT2D eigenvalue weighted by Crippen LogP contribution is 2.22. The van der Waals surface area contributed by atoms with Crippen LogP contribution < -0.4 is 4.74 Å². The summed E-state index contributed by atoms with van der Waals surface area (Å²) in [7, 11) is 0. The summed E-state index contributed by atoms with van der Waals surface area (Å²) in [5.41, 5.74) is 1.67. The molecule has 1 aromatic carbocycles. The number of nitrogens with zero attached hydrogens (tertiary/aromatic N) is 1. The number of aromatic amines is 1. The first-order valence-corrected chi connectivity index (χ1v) is 7.95. The van der Waals surface area contributed by atoms with Crippen LogP contribution in [0.5, 0.6) is 5.75 Å². The Hall–Kier alpha value is -2.30. The monoisotopic (exact) mass is 316 g/mol. The third kappa shape index (κ3) is 3.73. The van der Waals surface area contributed by atoms with E-state index < -0.39 is 0 Å². The molecule has 1 amide bonds. The molecule has 1 fully saturated rings. The Labute approximate surface area is 135 Å². The van der Waals surface area contributed by atoms with Gasteiger partial charge in [-0.1, -0.05) is 12.1 Å². The van der Waals surface area contributed by atoms with Crippen LogP contribution in [0.4, 0.5) is 4.39 Å². The van der Waals surface area contributed by atoms with Crippen molar-refractivity contribution in [2.45, 2.75) is 19.8 Å². The van der Waals surface area contributed by atoms with E-state index in [1.54, 1.807) is 18.2 Å². The molecule has 1 saturated heterocycles. The summed E-state index contributed by atoms with van der Waals surface area (Å²) in [5, 5.41) is 0. The highest BCUT2D eigenvalue weighted by atomic mass is 19.1. The summed E-state index contributed by atoms with van der Waals surface area (Å²) in [6.07, 6.45) is 3.76. The van der Waals surface area contributed by atoms with Gasteiger partial charge in [-0.2, -0.15) is 0 Å². The molecule has 0 aliphatic carbocycles. The molecule has 5 heteroatoms. The van der Waals surface area contributed by atoms with Gasteiger partial charge in [-0.25, -0.2) is 4.39 Å². The number of piperidine rings is 1. The number of amides is 1. The molecule has 1 aliphatic heterocycles. The standard InChI is InChI=1S/C18H21FN2O2/c1-13-9-16(20-10-13)18(22)21-8-4-5-14(11-21)12-23-17-7-3-2-6-15(17)19/h2-3,6-7,9-10,14,20H,4-5,8,11-12H2,1H3/t14-/m1/s1. The van der Waals surface area contributed by atoms with Crippen LogP contribution in [0.15, 0.2) is 36.5 Å². The Morgan fingerprint density at radius 1 is 1.43 bits per heavy atom. The number of hydrogen-bond donors (Lipinski definition) is 1. The highest BCUT2D eigenvalue weighted by molar-refractivity contribution is 5.92. The van der Waals surface area contributed by atoms with Crippen molar-refractivity contribution >= 4 is 5.91 Å². The van der Waals surface area contributed by atoms with E-state index >= 15 is 0 Å². The molecule has 2 heterocycles. The molecule has 0 unspecified atom stereocenters. The smallest absolute Gasteiger partial charge is 0.270 e. The van der Waals surface area contributed by atoms with Gasteiger partial charge in [-0.15, -0.1) is 0 Å². The molecule has 3 rings (SSSR count). The molecule has 0 bridgehead atoms. The summed E-state index contributed by atoms with van der Waals surface area (Å²) in [6, 6.07) is 8.27. The van der Waals surface area contributed by atoms with Crippen molar-refractivity contribution in [3.8, 4) is 5.75 Å². The van der Waals surface area contributed by atoms with Gasteiger partial charge in [0.2, 0.25) is 0 Å². The molecule has 1 N–H and O–H groups in total. The molecular weight excluding hydrogens is 295 g/mol. The molecule has 0 spiro atoms. The third-order valence-corrected chi connectivity index (χ3v) is 4.18. The van der Waals surface area contributed by atoms with E-state index in [-0.39, 0.29) is 23.4 Å². The van der Waals surface area contributed by atoms with Crippen LogP contribution in [0.1, 0.15) is 28.9 Å². The van der Waals surface area contributed by atoms with E-state index in [1.807, 2.05) is 24.1 Å². The first-order valence-electron chi connectivity index (χ1n) is 7.95. The van der Waals surface area contributed by atoms with Crippen molar-refractivity contribution in [2.75, 3.05) is 19.7 Å². The highest BCUT2D eigenvalue weighted by Gasteiger charge is 2.25. The van der Waals surface area contributed by atoms with E-state index in [4.69, 9.17) is 4.74 Å². The zero-order chi connectivity index (χ0) is 16.2. The van der Waals surface area contributed by atoms with Gasteiger partial charge in [0, 0.05) is 25.2 Å². The zero-order valence-electron chi connectivity index (χ0n) is 13.2. The lowest BCUT2D eigenvalue weighted by atomic mass is 9.98. The largest absolute Gasteiger partial charge is 0.490 e. The molecule has 0 radical (unpaired) electrons. The minimum absolute atomic E-state index is 0.0219. The van der Waals surface area contributed by atoms with Crippen LogP contribution in [0.2, 0.25) is 0 Å². The fourth-order valence-electron chi connectivity index (χ4n) is 2.95. The van der Waals surface area contributed by atoms with Crippen LogP contribution in [0.3, 0.4) is 0 Å². The molecular formula is C18H21FN2O2. The number of ether oxygens (including phenoxy) is 1. The average molecular weight is 316 g/mol. The van der Waals surface area contributed by atoms with Crippen LogP contribution >= 0.6 is 0 Å². The van der Waals surface area contributed by atoms with E-state index in [0.29, 0.717) is 18.8 Å². The first-order chi connectivity index (χ1) is 11.1. The Balaban J connectivity index is 1.58. The minimum atomic E-state index is -0.349. The number of aryl methyl sites for hydroxylation is 1. The molecule has 4 nitrogen and oxygen atoms in total. The predicted molar refractivity (Wildman–Crippen MR) is 86.1 cm³/mol. The number of carbonyl (C=O) groups is 1. The third-order valence-electron chi connectivity index (χ3n) is 4.18. The molecule has 1 aromatic heterocycles. The Morgan fingerprint density at radius 2 is 2.26 bits per heavy atom. The summed E-state index contributed by atoms with van der Waals surface area (Å²) in [5.74, 6) is 0.172. The van der Waals surface area contributed by atoms with Crippen molar-refractivity contribution in [1.29, 1.82) is 0 Å². The normalized spacial score (nSPS) is 18.0. The van der Waals surface area contributed by atoms with Gasteiger partial charge in [0.15, 0.2) is 11.6 Å². The number of hydrogen-bond acceptors (Lipinski definition) is 2. The maximum absolute atomic E-state index is 13.6. The molecule has 23 heavy (non-hydrogen) atoms. The Kier molecular flexibility index (Phi) is 4.65. The molecule has 122 valence electrons. The summed E-state index contributed by atoms with van der Waals surface area (Å²) >= 11 is 0. The molecule has 1 atom stereocenters. The fraction of sp³-hybridized carbons (Fsp3) is 0.389. The lowest BCUT2D eigenvalue weighted by Crippen LogP contribution is -2.41. The Morgan fingerprint density at radius 3 is 3.00 bits per heavy atom. The number of nitrogens with one attached hydrogen (secondary N) is 1.